The third-order valence-electron chi connectivity index (χ3n) is 4.09. The van der Waals surface area contributed by atoms with E-state index in [2.05, 4.69) is 10.3 Å². The van der Waals surface area contributed by atoms with Crippen LogP contribution in [0.2, 0.25) is 10.3 Å². The first-order valence-electron chi connectivity index (χ1n) is 8.18. The molecule has 142 valence electrons. The van der Waals surface area contributed by atoms with Crippen LogP contribution in [-0.4, -0.2) is 16.1 Å². The topological polar surface area (TPSA) is 29.9 Å². The second-order valence-corrected chi connectivity index (χ2v) is 6.68. The number of halogens is 5. The van der Waals surface area contributed by atoms with Crippen LogP contribution in [0.5, 0.6) is 0 Å². The minimum Gasteiger partial charge on any atom is -0.319 e. The van der Waals surface area contributed by atoms with Crippen molar-refractivity contribution in [2.45, 2.75) is 19.3 Å². The molecule has 0 amide bonds. The maximum absolute atomic E-state index is 12.6. The molecular weight excluding hydrogens is 398 g/mol. The molecule has 0 aliphatic heterocycles. The highest BCUT2D eigenvalue weighted by molar-refractivity contribution is 6.40. The van der Waals surface area contributed by atoms with Gasteiger partial charge in [0.05, 0.1) is 11.9 Å². The summed E-state index contributed by atoms with van der Waals surface area (Å²) in [6.45, 7) is 1.99. The lowest BCUT2D eigenvalue weighted by atomic mass is 10.0. The molecule has 2 aromatic carbocycles. The molecule has 1 N–H and O–H groups in total. The second kappa shape index (κ2) is 8.33. The van der Waals surface area contributed by atoms with Crippen LogP contribution in [-0.2, 0) is 19.3 Å². The third-order valence-corrected chi connectivity index (χ3v) is 4.86. The van der Waals surface area contributed by atoms with E-state index in [9.17, 15) is 13.2 Å². The Hall–Kier alpha value is -2.02. The fourth-order valence-electron chi connectivity index (χ4n) is 2.60. The van der Waals surface area contributed by atoms with Crippen molar-refractivity contribution in [2.24, 2.45) is 0 Å². The van der Waals surface area contributed by atoms with Crippen LogP contribution in [0.3, 0.4) is 0 Å². The average Bonchev–Trinajstić information content (AvgIpc) is 2.97. The molecule has 3 nitrogen and oxygen atoms in total. The molecule has 0 aliphatic rings. The number of nitrogens with one attached hydrogen (secondary N) is 1. The minimum absolute atomic E-state index is 0.288. The summed E-state index contributed by atoms with van der Waals surface area (Å²) in [6.07, 6.45) is -2.73. The number of imidazole rings is 1. The number of hydrogen-bond donors (Lipinski definition) is 1. The van der Waals surface area contributed by atoms with Gasteiger partial charge in [0.25, 0.3) is 0 Å². The van der Waals surface area contributed by atoms with Crippen molar-refractivity contribution in [3.05, 3.63) is 76.3 Å². The predicted octanol–water partition coefficient (Wildman–Crippen LogP) is 5.67. The Morgan fingerprint density at radius 1 is 0.926 bits per heavy atom. The normalized spacial score (nSPS) is 11.7. The maximum Gasteiger partial charge on any atom is 0.416 e. The fraction of sp³-hybridized carbons (Fsp3) is 0.211. The summed E-state index contributed by atoms with van der Waals surface area (Å²) in [5.74, 6) is 0. The van der Waals surface area contributed by atoms with Crippen LogP contribution in [0.4, 0.5) is 13.2 Å². The van der Waals surface area contributed by atoms with Gasteiger partial charge in [0, 0.05) is 19.6 Å². The van der Waals surface area contributed by atoms with E-state index in [1.54, 1.807) is 10.9 Å². The molecule has 0 radical (unpaired) electrons. The van der Waals surface area contributed by atoms with Crippen molar-refractivity contribution in [1.29, 1.82) is 0 Å². The van der Waals surface area contributed by atoms with Gasteiger partial charge in [-0.2, -0.15) is 13.2 Å². The zero-order valence-corrected chi connectivity index (χ0v) is 15.6. The van der Waals surface area contributed by atoms with Crippen molar-refractivity contribution in [3.8, 4) is 11.1 Å². The molecule has 0 spiro atoms. The van der Waals surface area contributed by atoms with E-state index in [4.69, 9.17) is 23.2 Å². The Kier molecular flexibility index (Phi) is 6.09. The molecule has 0 saturated heterocycles. The Labute approximate surface area is 164 Å². The highest BCUT2D eigenvalue weighted by Gasteiger charge is 2.29. The molecule has 8 heteroatoms. The Balaban J connectivity index is 1.53. The fourth-order valence-corrected chi connectivity index (χ4v) is 2.93. The van der Waals surface area contributed by atoms with Crippen LogP contribution in [0.1, 0.15) is 11.1 Å². The summed E-state index contributed by atoms with van der Waals surface area (Å²) < 4.78 is 39.6. The minimum atomic E-state index is -4.32. The number of hydrogen-bond acceptors (Lipinski definition) is 2. The van der Waals surface area contributed by atoms with E-state index < -0.39 is 11.7 Å². The van der Waals surface area contributed by atoms with E-state index in [1.165, 1.54) is 12.1 Å². The molecule has 3 rings (SSSR count). The lowest BCUT2D eigenvalue weighted by Crippen LogP contribution is -2.19. The number of aromatic nitrogens is 2. The average molecular weight is 414 g/mol. The Bertz CT molecular complexity index is 888. The first-order chi connectivity index (χ1) is 12.8. The van der Waals surface area contributed by atoms with E-state index >= 15 is 0 Å². The Morgan fingerprint density at radius 3 is 2.04 bits per heavy atom. The molecule has 0 unspecified atom stereocenters. The van der Waals surface area contributed by atoms with Gasteiger partial charge in [-0.3, -0.25) is 0 Å². The van der Waals surface area contributed by atoms with Crippen LogP contribution in [0.15, 0.2) is 54.9 Å². The maximum atomic E-state index is 12.6. The molecule has 1 aromatic heterocycles. The smallest absolute Gasteiger partial charge is 0.319 e. The molecular formula is C19H16Cl2F3N3. The standard InChI is InChI=1S/C19H16Cl2F3N3/c20-17-18(21)27(12-26-17)10-9-25-11-13-1-3-14(4-2-13)15-5-7-16(8-6-15)19(22,23)24/h1-8,12,25H,9-11H2. The number of rotatable bonds is 6. The lowest BCUT2D eigenvalue weighted by molar-refractivity contribution is -0.137. The van der Waals surface area contributed by atoms with E-state index in [0.717, 1.165) is 28.8 Å². The summed E-state index contributed by atoms with van der Waals surface area (Å²) in [4.78, 5) is 3.92. The van der Waals surface area contributed by atoms with E-state index in [0.29, 0.717) is 24.8 Å². The van der Waals surface area contributed by atoms with Crippen molar-refractivity contribution < 1.29 is 13.2 Å². The molecule has 0 bridgehead atoms. The molecule has 1 heterocycles. The van der Waals surface area contributed by atoms with Gasteiger partial charge in [0.15, 0.2) is 5.15 Å². The molecule has 27 heavy (non-hydrogen) atoms. The summed E-state index contributed by atoms with van der Waals surface area (Å²) in [5, 5.41) is 4.00. The third kappa shape index (κ3) is 5.03. The van der Waals surface area contributed by atoms with Crippen molar-refractivity contribution in [3.63, 3.8) is 0 Å². The molecule has 0 atom stereocenters. The van der Waals surface area contributed by atoms with E-state index in [1.807, 2.05) is 24.3 Å². The van der Waals surface area contributed by atoms with Crippen LogP contribution in [0.25, 0.3) is 11.1 Å². The van der Waals surface area contributed by atoms with Gasteiger partial charge in [-0.15, -0.1) is 0 Å². The van der Waals surface area contributed by atoms with Crippen molar-refractivity contribution >= 4 is 23.2 Å². The summed E-state index contributed by atoms with van der Waals surface area (Å²) >= 11 is 11.8. The van der Waals surface area contributed by atoms with Gasteiger partial charge in [-0.1, -0.05) is 59.6 Å². The van der Waals surface area contributed by atoms with Crippen LogP contribution >= 0.6 is 23.2 Å². The number of benzene rings is 2. The monoisotopic (exact) mass is 413 g/mol. The summed E-state index contributed by atoms with van der Waals surface area (Å²) in [5.41, 5.74) is 2.04. The van der Waals surface area contributed by atoms with Gasteiger partial charge in [-0.25, -0.2) is 4.98 Å². The van der Waals surface area contributed by atoms with Crippen LogP contribution < -0.4 is 5.32 Å². The highest BCUT2D eigenvalue weighted by Crippen LogP contribution is 2.31. The van der Waals surface area contributed by atoms with Gasteiger partial charge < -0.3 is 9.88 Å². The molecule has 0 fully saturated rings. The highest BCUT2D eigenvalue weighted by atomic mass is 35.5. The first kappa shape index (κ1) is 19.7. The van der Waals surface area contributed by atoms with Gasteiger partial charge in [0.2, 0.25) is 0 Å². The molecule has 3 aromatic rings. The number of alkyl halides is 3. The number of nitrogens with zero attached hydrogens (tertiary/aromatic N) is 2. The van der Waals surface area contributed by atoms with Gasteiger partial charge >= 0.3 is 6.18 Å². The van der Waals surface area contributed by atoms with Crippen molar-refractivity contribution in [2.75, 3.05) is 6.54 Å². The SMILES string of the molecule is FC(F)(F)c1ccc(-c2ccc(CNCCn3cnc(Cl)c3Cl)cc2)cc1. The predicted molar refractivity (Wildman–Crippen MR) is 101 cm³/mol. The van der Waals surface area contributed by atoms with Gasteiger partial charge in [-0.05, 0) is 28.8 Å². The molecule has 0 aliphatic carbocycles. The van der Waals surface area contributed by atoms with Gasteiger partial charge in [0.1, 0.15) is 5.15 Å². The molecule has 0 saturated carbocycles. The van der Waals surface area contributed by atoms with Crippen LogP contribution in [0, 0.1) is 0 Å². The largest absolute Gasteiger partial charge is 0.416 e. The first-order valence-corrected chi connectivity index (χ1v) is 8.93. The zero-order chi connectivity index (χ0) is 19.4. The van der Waals surface area contributed by atoms with Crippen molar-refractivity contribution in [1.82, 2.24) is 14.9 Å². The summed E-state index contributed by atoms with van der Waals surface area (Å²) in [6, 6.07) is 12.8. The van der Waals surface area contributed by atoms with E-state index in [-0.39, 0.29) is 5.15 Å². The quantitative estimate of drug-likeness (QED) is 0.527. The second-order valence-electron chi connectivity index (χ2n) is 5.97. The lowest BCUT2D eigenvalue weighted by Gasteiger charge is -2.09. The zero-order valence-electron chi connectivity index (χ0n) is 14.1. The Morgan fingerprint density at radius 2 is 1.52 bits per heavy atom. The summed E-state index contributed by atoms with van der Waals surface area (Å²) in [7, 11) is 0.